The van der Waals surface area contributed by atoms with E-state index < -0.39 is 0 Å². The van der Waals surface area contributed by atoms with Crippen molar-refractivity contribution in [3.05, 3.63) is 27.2 Å². The molecule has 5 heteroatoms. The number of hydrogen-bond donors (Lipinski definition) is 0. The number of rotatable bonds is 2. The van der Waals surface area contributed by atoms with Gasteiger partial charge in [-0.1, -0.05) is 27.5 Å². The molecule has 13 heavy (non-hydrogen) atoms. The van der Waals surface area contributed by atoms with Crippen molar-refractivity contribution in [1.82, 2.24) is 0 Å². The summed E-state index contributed by atoms with van der Waals surface area (Å²) in [6, 6.07) is 3.34. The second-order valence-electron chi connectivity index (χ2n) is 2.12. The van der Waals surface area contributed by atoms with Crippen molar-refractivity contribution < 1.29 is 47.3 Å². The van der Waals surface area contributed by atoms with Gasteiger partial charge in [-0.25, -0.2) is 0 Å². The topological polar surface area (TPSA) is 26.3 Å². The smallest absolute Gasteiger partial charge is 0.155 e. The summed E-state index contributed by atoms with van der Waals surface area (Å²) in [7, 11) is 1.49. The van der Waals surface area contributed by atoms with Crippen LogP contribution in [0.15, 0.2) is 16.6 Å². The van der Waals surface area contributed by atoms with Crippen LogP contribution < -0.4 is 4.74 Å². The maximum atomic E-state index is 10.5. The minimum atomic E-state index is 0. The molecule has 72 valence electrons. The van der Waals surface area contributed by atoms with E-state index >= 15 is 0 Å². The standard InChI is InChI=1S/C8H6BrClO2.Ar/c1-12-8-3-5(9)2-7(10)6(8)4-11;/h2-4H,1H3;. The van der Waals surface area contributed by atoms with Gasteiger partial charge >= 0.3 is 0 Å². The van der Waals surface area contributed by atoms with Crippen LogP contribution in [0.2, 0.25) is 5.02 Å². The summed E-state index contributed by atoms with van der Waals surface area (Å²) in [6.45, 7) is 0. The van der Waals surface area contributed by atoms with Crippen molar-refractivity contribution in [3.8, 4) is 5.75 Å². The minimum Gasteiger partial charge on any atom is -0.496 e. The molecule has 0 aliphatic rings. The Labute approximate surface area is 120 Å². The van der Waals surface area contributed by atoms with Crippen molar-refractivity contribution in [1.29, 1.82) is 0 Å². The number of ether oxygens (including phenoxy) is 1. The van der Waals surface area contributed by atoms with Crippen LogP contribution in [0.25, 0.3) is 0 Å². The third kappa shape index (κ3) is 3.40. The summed E-state index contributed by atoms with van der Waals surface area (Å²) in [4.78, 5) is 10.5. The molecule has 0 atom stereocenters. The summed E-state index contributed by atoms with van der Waals surface area (Å²) in [5.74, 6) is 0.476. The molecule has 0 unspecified atom stereocenters. The predicted octanol–water partition coefficient (Wildman–Crippen LogP) is 2.92. The van der Waals surface area contributed by atoms with Crippen LogP contribution in [0.4, 0.5) is 0 Å². The average molecular weight is 289 g/mol. The molecule has 0 spiro atoms. The number of carbonyl (C=O) groups excluding carboxylic acids is 1. The molecule has 0 saturated carbocycles. The van der Waals surface area contributed by atoms with E-state index in [4.69, 9.17) is 16.3 Å². The van der Waals surface area contributed by atoms with Crippen LogP contribution in [0.3, 0.4) is 0 Å². The number of aldehydes is 1. The van der Waals surface area contributed by atoms with Crippen molar-refractivity contribution in [2.45, 2.75) is 0 Å². The molecule has 0 aliphatic carbocycles. The molecule has 0 aliphatic heterocycles. The fourth-order valence-corrected chi connectivity index (χ4v) is 1.67. The van der Waals surface area contributed by atoms with Gasteiger partial charge in [0.2, 0.25) is 0 Å². The first-order chi connectivity index (χ1) is 5.69. The van der Waals surface area contributed by atoms with Crippen molar-refractivity contribution in [2.75, 3.05) is 7.11 Å². The second kappa shape index (κ2) is 6.25. The molecular weight excluding hydrogens is 283 g/mol. The van der Waals surface area contributed by atoms with Gasteiger partial charge in [-0.05, 0) is 12.1 Å². The van der Waals surface area contributed by atoms with Crippen LogP contribution in [0, 0.1) is 37.7 Å². The molecular formula is C8H6ArBrClO2. The van der Waals surface area contributed by atoms with Gasteiger partial charge in [-0.3, -0.25) is 4.79 Å². The molecule has 1 aromatic carbocycles. The zero-order chi connectivity index (χ0) is 9.14. The third-order valence-corrected chi connectivity index (χ3v) is 2.16. The van der Waals surface area contributed by atoms with Crippen molar-refractivity contribution in [3.63, 3.8) is 0 Å². The summed E-state index contributed by atoms with van der Waals surface area (Å²) in [5.41, 5.74) is 0.377. The Kier molecular flexibility index (Phi) is 6.60. The summed E-state index contributed by atoms with van der Waals surface area (Å²) < 4.78 is 5.74. The summed E-state index contributed by atoms with van der Waals surface area (Å²) in [5, 5.41) is 0.385. The van der Waals surface area contributed by atoms with E-state index in [0.29, 0.717) is 22.6 Å². The number of benzene rings is 1. The molecule has 0 aromatic heterocycles. The van der Waals surface area contributed by atoms with E-state index in [2.05, 4.69) is 15.9 Å². The zero-order valence-electron chi connectivity index (χ0n) is 6.66. The van der Waals surface area contributed by atoms with Crippen LogP contribution in [0.1, 0.15) is 10.4 Å². The number of methoxy groups -OCH3 is 1. The SMILES string of the molecule is COc1cc(Br)cc(Cl)c1C=O.[Ar]. The molecule has 0 heterocycles. The van der Waals surface area contributed by atoms with Crippen LogP contribution >= 0.6 is 27.5 Å². The zero-order valence-corrected chi connectivity index (χ0v) is 9.71. The predicted molar refractivity (Wildman–Crippen MR) is 51.1 cm³/mol. The Hall–Kier alpha value is 0.720. The molecule has 2 nitrogen and oxygen atoms in total. The van der Waals surface area contributed by atoms with Gasteiger partial charge in [0, 0.05) is 42.2 Å². The molecule has 0 radical (unpaired) electrons. The van der Waals surface area contributed by atoms with Gasteiger partial charge < -0.3 is 4.74 Å². The molecule has 1 rings (SSSR count). The Morgan fingerprint density at radius 3 is 2.62 bits per heavy atom. The van der Waals surface area contributed by atoms with Crippen molar-refractivity contribution >= 4 is 33.8 Å². The van der Waals surface area contributed by atoms with E-state index in [1.807, 2.05) is 0 Å². The van der Waals surface area contributed by atoms with E-state index in [-0.39, 0.29) is 37.7 Å². The molecule has 0 fully saturated rings. The Morgan fingerprint density at radius 1 is 1.54 bits per heavy atom. The quantitative estimate of drug-likeness (QED) is 0.783. The van der Waals surface area contributed by atoms with Gasteiger partial charge in [0.1, 0.15) is 5.75 Å². The first kappa shape index (κ1) is 13.7. The number of halogens is 2. The van der Waals surface area contributed by atoms with Crippen LogP contribution in [0.5, 0.6) is 5.75 Å². The fraction of sp³-hybridized carbons (Fsp3) is 0.125. The normalized spacial score (nSPS) is 8.85. The fourth-order valence-electron chi connectivity index (χ4n) is 0.844. The van der Waals surface area contributed by atoms with Crippen molar-refractivity contribution in [2.24, 2.45) is 0 Å². The maximum absolute atomic E-state index is 10.5. The van der Waals surface area contributed by atoms with Gasteiger partial charge in [0.15, 0.2) is 6.29 Å². The van der Waals surface area contributed by atoms with E-state index in [1.54, 1.807) is 12.1 Å². The molecule has 1 aromatic rings. The first-order valence-corrected chi connectivity index (χ1v) is 4.34. The Balaban J connectivity index is 0.00000144. The van der Waals surface area contributed by atoms with Gasteiger partial charge in [0.25, 0.3) is 0 Å². The Bertz CT molecular complexity index is 317. The maximum Gasteiger partial charge on any atom is 0.155 e. The van der Waals surface area contributed by atoms with Gasteiger partial charge in [-0.15, -0.1) is 0 Å². The summed E-state index contributed by atoms with van der Waals surface area (Å²) >= 11 is 9.01. The molecule has 0 saturated heterocycles. The number of hydrogen-bond acceptors (Lipinski definition) is 2. The van der Waals surface area contributed by atoms with Gasteiger partial charge in [-0.2, -0.15) is 0 Å². The van der Waals surface area contributed by atoms with Crippen LogP contribution in [-0.4, -0.2) is 13.4 Å². The second-order valence-corrected chi connectivity index (χ2v) is 3.44. The Morgan fingerprint density at radius 2 is 2.15 bits per heavy atom. The monoisotopic (exact) mass is 288 g/mol. The molecule has 0 N–H and O–H groups in total. The minimum absolute atomic E-state index is 0. The van der Waals surface area contributed by atoms with E-state index in [9.17, 15) is 4.79 Å². The first-order valence-electron chi connectivity index (χ1n) is 3.17. The molecule has 0 bridgehead atoms. The van der Waals surface area contributed by atoms with E-state index in [1.165, 1.54) is 7.11 Å². The largest absolute Gasteiger partial charge is 0.496 e. The molecule has 0 amide bonds. The average Bonchev–Trinajstić information content (AvgIpc) is 2.03. The van der Waals surface area contributed by atoms with E-state index in [0.717, 1.165) is 4.47 Å². The van der Waals surface area contributed by atoms with Crippen LogP contribution in [-0.2, 0) is 0 Å². The third-order valence-electron chi connectivity index (χ3n) is 1.39. The van der Waals surface area contributed by atoms with Gasteiger partial charge in [0.05, 0.1) is 17.7 Å². The number of carbonyl (C=O) groups is 1. The summed E-state index contributed by atoms with van der Waals surface area (Å²) in [6.07, 6.45) is 0.674.